The van der Waals surface area contributed by atoms with Gasteiger partial charge in [0.15, 0.2) is 0 Å². The van der Waals surface area contributed by atoms with Gasteiger partial charge < -0.3 is 20.3 Å². The van der Waals surface area contributed by atoms with Crippen molar-refractivity contribution in [3.63, 3.8) is 0 Å². The van der Waals surface area contributed by atoms with Crippen molar-refractivity contribution in [2.24, 2.45) is 0 Å². The van der Waals surface area contributed by atoms with Crippen LogP contribution >= 0.6 is 0 Å². The molecule has 3 aromatic carbocycles. The molecule has 2 N–H and O–H groups in total. The van der Waals surface area contributed by atoms with E-state index in [1.807, 2.05) is 65.6 Å². The number of amides is 3. The standard InChI is InChI=1S/C24H25N3O3/c28-23-6-3-14-27(23)17-18-7-10-21(11-8-18)26-24(29)25-13-15-30-22-12-9-19-4-1-2-5-20(19)16-22/h1-2,4-5,7-12,16H,3,6,13-15,17H2,(H2,25,26,29). The molecule has 3 aromatic rings. The van der Waals surface area contributed by atoms with Gasteiger partial charge in [-0.3, -0.25) is 4.79 Å². The summed E-state index contributed by atoms with van der Waals surface area (Å²) in [5.74, 6) is 0.991. The number of carbonyl (C=O) groups is 2. The first kappa shape index (κ1) is 19.8. The fourth-order valence-electron chi connectivity index (χ4n) is 3.55. The van der Waals surface area contributed by atoms with Gasteiger partial charge in [-0.05, 0) is 47.0 Å². The van der Waals surface area contributed by atoms with E-state index in [0.29, 0.717) is 31.8 Å². The number of anilines is 1. The normalized spacial score (nSPS) is 13.5. The number of hydrogen-bond donors (Lipinski definition) is 2. The molecule has 1 aliphatic rings. The predicted octanol–water partition coefficient (Wildman–Crippen LogP) is 4.16. The number of fused-ring (bicyclic) bond motifs is 1. The summed E-state index contributed by atoms with van der Waals surface area (Å²) in [6.07, 6.45) is 1.58. The van der Waals surface area contributed by atoms with Crippen LogP contribution in [0.1, 0.15) is 18.4 Å². The van der Waals surface area contributed by atoms with Crippen LogP contribution in [0, 0.1) is 0 Å². The molecule has 0 spiro atoms. The van der Waals surface area contributed by atoms with Crippen molar-refractivity contribution in [1.29, 1.82) is 0 Å². The number of nitrogens with zero attached hydrogens (tertiary/aromatic N) is 1. The summed E-state index contributed by atoms with van der Waals surface area (Å²) in [7, 11) is 0. The highest BCUT2D eigenvalue weighted by Crippen LogP contribution is 2.20. The van der Waals surface area contributed by atoms with Crippen molar-refractivity contribution in [3.05, 3.63) is 72.3 Å². The molecule has 6 heteroatoms. The van der Waals surface area contributed by atoms with Gasteiger partial charge >= 0.3 is 6.03 Å². The minimum Gasteiger partial charge on any atom is -0.492 e. The van der Waals surface area contributed by atoms with Gasteiger partial charge in [0.2, 0.25) is 5.91 Å². The molecule has 0 aliphatic carbocycles. The van der Waals surface area contributed by atoms with Crippen LogP contribution in [0.25, 0.3) is 10.8 Å². The minimum atomic E-state index is -0.278. The third-order valence-corrected chi connectivity index (χ3v) is 5.13. The second kappa shape index (κ2) is 9.31. The molecule has 0 bridgehead atoms. The minimum absolute atomic E-state index is 0.211. The fourth-order valence-corrected chi connectivity index (χ4v) is 3.55. The number of rotatable bonds is 7. The van der Waals surface area contributed by atoms with Gasteiger partial charge in [0, 0.05) is 25.2 Å². The quantitative estimate of drug-likeness (QED) is 0.582. The third kappa shape index (κ3) is 5.08. The van der Waals surface area contributed by atoms with E-state index in [2.05, 4.69) is 16.7 Å². The molecule has 0 radical (unpaired) electrons. The fraction of sp³-hybridized carbons (Fsp3) is 0.250. The van der Waals surface area contributed by atoms with Gasteiger partial charge in [0.1, 0.15) is 12.4 Å². The van der Waals surface area contributed by atoms with Gasteiger partial charge in [-0.25, -0.2) is 4.79 Å². The van der Waals surface area contributed by atoms with Crippen molar-refractivity contribution in [2.75, 3.05) is 25.0 Å². The molecule has 154 valence electrons. The van der Waals surface area contributed by atoms with E-state index in [1.54, 1.807) is 0 Å². The Kier molecular flexibility index (Phi) is 6.13. The average Bonchev–Trinajstić information content (AvgIpc) is 3.17. The number of urea groups is 1. The summed E-state index contributed by atoms with van der Waals surface area (Å²) in [5.41, 5.74) is 1.76. The summed E-state index contributed by atoms with van der Waals surface area (Å²) < 4.78 is 5.73. The Labute approximate surface area is 175 Å². The number of benzene rings is 3. The maximum absolute atomic E-state index is 12.1. The Morgan fingerprint density at radius 3 is 2.57 bits per heavy atom. The van der Waals surface area contributed by atoms with E-state index in [1.165, 1.54) is 5.39 Å². The van der Waals surface area contributed by atoms with Crippen LogP contribution in [0.3, 0.4) is 0 Å². The van der Waals surface area contributed by atoms with Gasteiger partial charge in [-0.15, -0.1) is 0 Å². The highest BCUT2D eigenvalue weighted by Gasteiger charge is 2.19. The molecule has 3 amide bonds. The summed E-state index contributed by atoms with van der Waals surface area (Å²) in [5, 5.41) is 7.89. The first-order chi connectivity index (χ1) is 14.7. The zero-order chi connectivity index (χ0) is 20.8. The molecule has 30 heavy (non-hydrogen) atoms. The lowest BCUT2D eigenvalue weighted by Crippen LogP contribution is -2.32. The Morgan fingerprint density at radius 2 is 1.80 bits per heavy atom. The first-order valence-corrected chi connectivity index (χ1v) is 10.2. The van der Waals surface area contributed by atoms with Crippen LogP contribution in [0.5, 0.6) is 5.75 Å². The Morgan fingerprint density at radius 1 is 1.00 bits per heavy atom. The topological polar surface area (TPSA) is 70.7 Å². The second-order valence-electron chi connectivity index (χ2n) is 7.35. The molecule has 1 fully saturated rings. The Balaban J connectivity index is 1.19. The number of ether oxygens (including phenoxy) is 1. The molecule has 0 saturated carbocycles. The van der Waals surface area contributed by atoms with Gasteiger partial charge in [0.25, 0.3) is 0 Å². The SMILES string of the molecule is O=C(NCCOc1ccc2ccccc2c1)Nc1ccc(CN2CCCC2=O)cc1. The highest BCUT2D eigenvalue weighted by atomic mass is 16.5. The van der Waals surface area contributed by atoms with Crippen LogP contribution in [0.15, 0.2) is 66.7 Å². The van der Waals surface area contributed by atoms with Crippen LogP contribution in [0.2, 0.25) is 0 Å². The highest BCUT2D eigenvalue weighted by molar-refractivity contribution is 5.89. The lowest BCUT2D eigenvalue weighted by Gasteiger charge is -2.15. The maximum Gasteiger partial charge on any atom is 0.319 e. The number of carbonyl (C=O) groups excluding carboxylic acids is 2. The Hall–Kier alpha value is -3.54. The monoisotopic (exact) mass is 403 g/mol. The molecule has 1 heterocycles. The number of likely N-dealkylation sites (tertiary alicyclic amines) is 1. The van der Waals surface area contributed by atoms with E-state index in [-0.39, 0.29) is 11.9 Å². The van der Waals surface area contributed by atoms with E-state index in [9.17, 15) is 9.59 Å². The zero-order valence-electron chi connectivity index (χ0n) is 16.8. The van der Waals surface area contributed by atoms with Crippen LogP contribution in [-0.2, 0) is 11.3 Å². The lowest BCUT2D eigenvalue weighted by molar-refractivity contribution is -0.128. The molecule has 0 unspecified atom stereocenters. The maximum atomic E-state index is 12.1. The van der Waals surface area contributed by atoms with Crippen LogP contribution in [0.4, 0.5) is 10.5 Å². The van der Waals surface area contributed by atoms with Gasteiger partial charge in [-0.2, -0.15) is 0 Å². The van der Waals surface area contributed by atoms with Gasteiger partial charge in [-0.1, -0.05) is 42.5 Å². The summed E-state index contributed by atoms with van der Waals surface area (Å²) in [6, 6.07) is 21.3. The average molecular weight is 403 g/mol. The molecule has 1 aliphatic heterocycles. The Bertz CT molecular complexity index is 1030. The molecule has 6 nitrogen and oxygen atoms in total. The van der Waals surface area contributed by atoms with Gasteiger partial charge in [0.05, 0.1) is 6.54 Å². The van der Waals surface area contributed by atoms with Crippen molar-refractivity contribution in [3.8, 4) is 5.75 Å². The molecule has 0 aromatic heterocycles. The number of nitrogens with one attached hydrogen (secondary N) is 2. The predicted molar refractivity (Wildman–Crippen MR) is 118 cm³/mol. The first-order valence-electron chi connectivity index (χ1n) is 10.2. The van der Waals surface area contributed by atoms with Crippen molar-refractivity contribution < 1.29 is 14.3 Å². The van der Waals surface area contributed by atoms with Crippen LogP contribution < -0.4 is 15.4 Å². The lowest BCUT2D eigenvalue weighted by atomic mass is 10.1. The van der Waals surface area contributed by atoms with Crippen LogP contribution in [-0.4, -0.2) is 36.5 Å². The second-order valence-corrected chi connectivity index (χ2v) is 7.35. The third-order valence-electron chi connectivity index (χ3n) is 5.13. The summed E-state index contributed by atoms with van der Waals surface area (Å²) in [4.78, 5) is 25.7. The molecule has 4 rings (SSSR count). The molecular formula is C24H25N3O3. The van der Waals surface area contributed by atoms with E-state index < -0.39 is 0 Å². The largest absolute Gasteiger partial charge is 0.492 e. The molecule has 1 saturated heterocycles. The van der Waals surface area contributed by atoms with Crippen molar-refractivity contribution in [2.45, 2.75) is 19.4 Å². The zero-order valence-corrected chi connectivity index (χ0v) is 16.8. The van der Waals surface area contributed by atoms with E-state index in [0.717, 1.165) is 29.7 Å². The summed E-state index contributed by atoms with van der Waals surface area (Å²) in [6.45, 7) is 2.22. The smallest absolute Gasteiger partial charge is 0.319 e. The van der Waals surface area contributed by atoms with Crippen molar-refractivity contribution >= 4 is 28.4 Å². The number of hydrogen-bond acceptors (Lipinski definition) is 3. The van der Waals surface area contributed by atoms with E-state index in [4.69, 9.17) is 4.74 Å². The van der Waals surface area contributed by atoms with Crippen molar-refractivity contribution in [1.82, 2.24) is 10.2 Å². The van der Waals surface area contributed by atoms with E-state index >= 15 is 0 Å². The molecular weight excluding hydrogens is 378 g/mol. The molecule has 0 atom stereocenters. The summed E-state index contributed by atoms with van der Waals surface area (Å²) >= 11 is 0.